The number of thioether (sulfide) groups is 1. The van der Waals surface area contributed by atoms with E-state index in [4.69, 9.17) is 18.9 Å². The lowest BCUT2D eigenvalue weighted by Crippen LogP contribution is -2.24. The molecule has 0 aromatic heterocycles. The minimum absolute atomic E-state index is 0.253. The van der Waals surface area contributed by atoms with Crippen LogP contribution in [0.2, 0.25) is 0 Å². The molecule has 1 fully saturated rings. The van der Waals surface area contributed by atoms with Crippen LogP contribution in [0.25, 0.3) is 0 Å². The van der Waals surface area contributed by atoms with Crippen molar-refractivity contribution in [1.82, 2.24) is 0 Å². The Morgan fingerprint density at radius 1 is 0.516 bits per heavy atom. The Morgan fingerprint density at radius 2 is 0.742 bits per heavy atom. The van der Waals surface area contributed by atoms with Gasteiger partial charge in [0.25, 0.3) is 0 Å². The maximum absolute atomic E-state index is 12.6. The molecule has 0 radical (unpaired) electrons. The molecule has 1 aliphatic rings. The molecule has 0 aromatic rings. The molecule has 8 nitrogen and oxygen atoms in total. The van der Waals surface area contributed by atoms with Gasteiger partial charge in [-0.3, -0.25) is 0 Å². The van der Waals surface area contributed by atoms with Crippen LogP contribution in [0, 0.1) is 0 Å². The molecule has 0 spiro atoms. The van der Waals surface area contributed by atoms with E-state index in [0.29, 0.717) is 0 Å². The minimum Gasteiger partial charge on any atom is -0.459 e. The van der Waals surface area contributed by atoms with Crippen molar-refractivity contribution in [3.05, 3.63) is 19.6 Å². The first-order chi connectivity index (χ1) is 14.3. The number of ether oxygens (including phenoxy) is 4. The fraction of sp³-hybridized carbons (Fsp3) is 0.600. The molecule has 11 heteroatoms. The van der Waals surface area contributed by atoms with E-state index in [9.17, 15) is 19.2 Å². The summed E-state index contributed by atoms with van der Waals surface area (Å²) in [4.78, 5) is 50.3. The predicted octanol–water partition coefficient (Wildman–Crippen LogP) is 4.34. The number of carbonyl (C=O) groups excluding carboxylic acids is 4. The lowest BCUT2D eigenvalue weighted by molar-refractivity contribution is -0.152. The van der Waals surface area contributed by atoms with Gasteiger partial charge in [-0.05, 0) is 77.0 Å². The van der Waals surface area contributed by atoms with E-state index in [1.54, 1.807) is 55.4 Å². The smallest absolute Gasteiger partial charge is 0.347 e. The second kappa shape index (κ2) is 12.4. The molecule has 1 rings (SSSR count). The summed E-state index contributed by atoms with van der Waals surface area (Å²) in [5.41, 5.74) is -0.567. The summed E-state index contributed by atoms with van der Waals surface area (Å²) < 4.78 is 21.3. The number of hydrogen-bond acceptors (Lipinski definition) is 11. The van der Waals surface area contributed by atoms with Gasteiger partial charge >= 0.3 is 23.9 Å². The molecule has 1 aliphatic heterocycles. The van der Waals surface area contributed by atoms with E-state index < -0.39 is 48.3 Å². The van der Waals surface area contributed by atoms with Crippen molar-refractivity contribution in [2.24, 2.45) is 0 Å². The Morgan fingerprint density at radius 3 is 0.935 bits per heavy atom. The Kier molecular flexibility index (Phi) is 11.0. The molecule has 1 heterocycles. The van der Waals surface area contributed by atoms with Crippen molar-refractivity contribution in [1.29, 1.82) is 0 Å². The zero-order valence-corrected chi connectivity index (χ0v) is 21.2. The van der Waals surface area contributed by atoms with E-state index in [0.717, 1.165) is 33.3 Å². The van der Waals surface area contributed by atoms with E-state index in [-0.39, 0.29) is 19.6 Å². The normalized spacial score (nSPS) is 13.7. The zero-order valence-electron chi connectivity index (χ0n) is 18.8. The van der Waals surface area contributed by atoms with Gasteiger partial charge < -0.3 is 18.9 Å². The molecule has 174 valence electrons. The summed E-state index contributed by atoms with van der Waals surface area (Å²) in [5.74, 6) is -3.36. The number of carbonyl (C=O) groups is 4. The van der Waals surface area contributed by atoms with E-state index in [1.165, 1.54) is 0 Å². The highest BCUT2D eigenvalue weighted by molar-refractivity contribution is 8.86. The molecule has 0 N–H and O–H groups in total. The van der Waals surface area contributed by atoms with Crippen LogP contribution in [-0.4, -0.2) is 48.3 Å². The Balaban J connectivity index is 3.43. The van der Waals surface area contributed by atoms with Crippen LogP contribution >= 0.6 is 33.3 Å². The summed E-state index contributed by atoms with van der Waals surface area (Å²) >= 11 is 0.930. The first-order valence-electron chi connectivity index (χ1n) is 9.68. The summed E-state index contributed by atoms with van der Waals surface area (Å²) in [7, 11) is 2.11. The van der Waals surface area contributed by atoms with Gasteiger partial charge in [-0.15, -0.1) is 0 Å². The third-order valence-corrected chi connectivity index (χ3v) is 7.43. The Hall–Kier alpha value is -1.59. The molecule has 0 aromatic carbocycles. The topological polar surface area (TPSA) is 105 Å². The highest BCUT2D eigenvalue weighted by Gasteiger charge is 2.37. The first kappa shape index (κ1) is 27.4. The van der Waals surface area contributed by atoms with Crippen LogP contribution in [0.5, 0.6) is 0 Å². The number of hydrogen-bond donors (Lipinski definition) is 0. The predicted molar refractivity (Wildman–Crippen MR) is 122 cm³/mol. The van der Waals surface area contributed by atoms with Gasteiger partial charge in [0.15, 0.2) is 11.1 Å². The van der Waals surface area contributed by atoms with Crippen molar-refractivity contribution in [2.45, 2.75) is 79.8 Å². The third-order valence-electron chi connectivity index (χ3n) is 2.97. The van der Waals surface area contributed by atoms with Crippen molar-refractivity contribution in [2.75, 3.05) is 0 Å². The van der Waals surface area contributed by atoms with Gasteiger partial charge in [0.2, 0.25) is 0 Å². The molecular weight excluding hydrogens is 464 g/mol. The number of esters is 4. The van der Waals surface area contributed by atoms with Gasteiger partial charge in [0.1, 0.15) is 0 Å². The molecule has 0 atom stereocenters. The Bertz CT molecular complexity index is 669. The average molecular weight is 493 g/mol. The maximum atomic E-state index is 12.6. The van der Waals surface area contributed by atoms with Crippen LogP contribution in [-0.2, 0) is 38.1 Å². The fourth-order valence-electron chi connectivity index (χ4n) is 1.97. The van der Waals surface area contributed by atoms with Crippen molar-refractivity contribution >= 4 is 57.2 Å². The average Bonchev–Trinajstić information content (AvgIpc) is 3.00. The molecule has 0 amide bonds. The van der Waals surface area contributed by atoms with Crippen LogP contribution in [0.3, 0.4) is 0 Å². The molecule has 31 heavy (non-hydrogen) atoms. The summed E-state index contributed by atoms with van der Waals surface area (Å²) in [6, 6.07) is 0. The van der Waals surface area contributed by atoms with Crippen LogP contribution < -0.4 is 0 Å². The summed E-state index contributed by atoms with van der Waals surface area (Å²) in [6.07, 6.45) is -1.81. The maximum Gasteiger partial charge on any atom is 0.347 e. The quantitative estimate of drug-likeness (QED) is 0.121. The van der Waals surface area contributed by atoms with Gasteiger partial charge in [-0.2, -0.15) is 0 Å². The van der Waals surface area contributed by atoms with Crippen LogP contribution in [0.15, 0.2) is 19.6 Å². The lowest BCUT2D eigenvalue weighted by atomic mass is 10.3. The largest absolute Gasteiger partial charge is 0.459 e. The zero-order chi connectivity index (χ0) is 23.9. The van der Waals surface area contributed by atoms with E-state index in [1.807, 2.05) is 0 Å². The summed E-state index contributed by atoms with van der Waals surface area (Å²) in [6.45, 7) is 13.3. The van der Waals surface area contributed by atoms with Gasteiger partial charge in [0, 0.05) is 0 Å². The molecule has 0 saturated carbocycles. The van der Waals surface area contributed by atoms with Crippen molar-refractivity contribution in [3.63, 3.8) is 0 Å². The standard InChI is InChI=1S/C20H28O8S3/c1-9(2)25-15(21)13(16(22)26-10(3)4)19-29-20(31-30-19)14(17(23)27-11(5)6)18(24)28-12(7)8/h9-12H,1-8H3. The SMILES string of the molecule is CC(C)OC(=O)C(C(=O)OC(C)C)=C1SSC(=C(C(=O)OC(C)C)C(=O)OC(C)C)S1. The Labute approximate surface area is 194 Å². The third kappa shape index (κ3) is 8.82. The molecular formula is C20H28O8S3. The van der Waals surface area contributed by atoms with Crippen LogP contribution in [0.4, 0.5) is 0 Å². The highest BCUT2D eigenvalue weighted by Crippen LogP contribution is 2.59. The lowest BCUT2D eigenvalue weighted by Gasteiger charge is -2.14. The van der Waals surface area contributed by atoms with Gasteiger partial charge in [-0.1, -0.05) is 11.8 Å². The minimum atomic E-state index is -0.839. The summed E-state index contributed by atoms with van der Waals surface area (Å²) in [5, 5.41) is 0. The van der Waals surface area contributed by atoms with Crippen molar-refractivity contribution in [3.8, 4) is 0 Å². The molecule has 0 aliphatic carbocycles. The highest BCUT2D eigenvalue weighted by atomic mass is 33.1. The van der Waals surface area contributed by atoms with Gasteiger partial charge in [-0.25, -0.2) is 19.2 Å². The van der Waals surface area contributed by atoms with Crippen molar-refractivity contribution < 1.29 is 38.1 Å². The fourth-order valence-corrected chi connectivity index (χ4v) is 6.44. The molecule has 1 saturated heterocycles. The van der Waals surface area contributed by atoms with Gasteiger partial charge in [0.05, 0.1) is 32.9 Å². The monoisotopic (exact) mass is 492 g/mol. The first-order valence-corrected chi connectivity index (χ1v) is 12.6. The van der Waals surface area contributed by atoms with E-state index in [2.05, 4.69) is 0 Å². The number of rotatable bonds is 8. The second-order valence-electron chi connectivity index (χ2n) is 7.41. The molecule has 0 unspecified atom stereocenters. The second-order valence-corrected chi connectivity index (χ2v) is 11.1. The molecule has 0 bridgehead atoms. The van der Waals surface area contributed by atoms with E-state index >= 15 is 0 Å². The van der Waals surface area contributed by atoms with Crippen LogP contribution in [0.1, 0.15) is 55.4 Å².